The Kier molecular flexibility index (Phi) is 6.15. The molecule has 1 aromatic heterocycles. The Bertz CT molecular complexity index is 577. The zero-order chi connectivity index (χ0) is 16.9. The van der Waals surface area contributed by atoms with Crippen molar-refractivity contribution in [1.82, 2.24) is 10.3 Å². The molecule has 1 aromatic rings. The average molecular weight is 310 g/mol. The number of aryl methyl sites for hydroxylation is 1. The van der Waals surface area contributed by atoms with Crippen LogP contribution in [-0.2, 0) is 14.3 Å². The topological polar surface area (TPSA) is 97.5 Å². The van der Waals surface area contributed by atoms with Crippen LogP contribution in [0.25, 0.3) is 0 Å². The maximum Gasteiger partial charge on any atom is 0.355 e. The number of ether oxygens (including phenoxy) is 2. The first kappa shape index (κ1) is 17.7. The lowest BCUT2D eigenvalue weighted by atomic mass is 10.1. The Morgan fingerprint density at radius 2 is 1.86 bits per heavy atom. The first-order chi connectivity index (χ1) is 10.3. The van der Waals surface area contributed by atoms with E-state index in [-0.39, 0.29) is 24.2 Å². The molecule has 0 spiro atoms. The van der Waals surface area contributed by atoms with Gasteiger partial charge in [-0.25, -0.2) is 9.59 Å². The van der Waals surface area contributed by atoms with Crippen LogP contribution in [0.1, 0.15) is 52.4 Å². The molecule has 1 heterocycles. The van der Waals surface area contributed by atoms with Gasteiger partial charge in [0.2, 0.25) is 0 Å². The van der Waals surface area contributed by atoms with Crippen molar-refractivity contribution in [1.29, 1.82) is 0 Å². The van der Waals surface area contributed by atoms with Gasteiger partial charge in [0.15, 0.2) is 6.61 Å². The minimum absolute atomic E-state index is 0.0200. The van der Waals surface area contributed by atoms with Crippen molar-refractivity contribution in [3.63, 3.8) is 0 Å². The van der Waals surface area contributed by atoms with E-state index in [0.717, 1.165) is 6.42 Å². The second-order valence-electron chi connectivity index (χ2n) is 5.07. The summed E-state index contributed by atoms with van der Waals surface area (Å²) in [5, 5.41) is 2.69. The fraction of sp³-hybridized carbons (Fsp3) is 0.533. The largest absolute Gasteiger partial charge is 0.465 e. The Hall–Kier alpha value is -2.31. The number of carbonyl (C=O) groups is 3. The van der Waals surface area contributed by atoms with Crippen molar-refractivity contribution in [3.8, 4) is 0 Å². The molecule has 1 amide bonds. The van der Waals surface area contributed by atoms with Gasteiger partial charge in [0.05, 0.1) is 12.7 Å². The molecule has 0 saturated carbocycles. The van der Waals surface area contributed by atoms with Gasteiger partial charge in [-0.05, 0) is 32.8 Å². The molecule has 1 atom stereocenters. The quantitative estimate of drug-likeness (QED) is 0.776. The fourth-order valence-corrected chi connectivity index (χ4v) is 1.98. The smallest absolute Gasteiger partial charge is 0.355 e. The van der Waals surface area contributed by atoms with Crippen LogP contribution in [0.2, 0.25) is 0 Å². The third-order valence-corrected chi connectivity index (χ3v) is 3.39. The number of H-pyrrole nitrogens is 1. The highest BCUT2D eigenvalue weighted by Crippen LogP contribution is 2.19. The monoisotopic (exact) mass is 310 g/mol. The molecule has 0 unspecified atom stereocenters. The summed E-state index contributed by atoms with van der Waals surface area (Å²) in [6.07, 6.45) is 0.789. The normalized spacial score (nSPS) is 11.7. The SMILES string of the molecule is CC[C@@H](C)NC(=O)COC(=O)c1[nH]c(C)c(C(=O)OC)c1C. The molecular weight excluding hydrogens is 288 g/mol. The standard InChI is InChI=1S/C15H22N2O5/c1-6-8(2)16-11(18)7-22-15(20)13-9(3)12(10(4)17-13)14(19)21-5/h8,17H,6-7H2,1-5H3,(H,16,18)/t8-/m1/s1. The van der Waals surface area contributed by atoms with E-state index in [1.165, 1.54) is 7.11 Å². The summed E-state index contributed by atoms with van der Waals surface area (Å²) >= 11 is 0. The van der Waals surface area contributed by atoms with E-state index in [1.807, 2.05) is 13.8 Å². The number of aromatic nitrogens is 1. The molecule has 7 heteroatoms. The molecule has 0 saturated heterocycles. The van der Waals surface area contributed by atoms with Crippen LogP contribution in [0.4, 0.5) is 0 Å². The van der Waals surface area contributed by atoms with Crippen molar-refractivity contribution in [2.45, 2.75) is 40.2 Å². The summed E-state index contributed by atoms with van der Waals surface area (Å²) in [5.74, 6) is -1.58. The number of hydrogen-bond donors (Lipinski definition) is 2. The van der Waals surface area contributed by atoms with Crippen LogP contribution >= 0.6 is 0 Å². The number of methoxy groups -OCH3 is 1. The number of carbonyl (C=O) groups excluding carboxylic acids is 3. The predicted molar refractivity (Wildman–Crippen MR) is 79.8 cm³/mol. The molecule has 0 fully saturated rings. The molecule has 0 bridgehead atoms. The van der Waals surface area contributed by atoms with Crippen LogP contribution in [0, 0.1) is 13.8 Å². The third kappa shape index (κ3) is 4.09. The maximum absolute atomic E-state index is 12.0. The number of hydrogen-bond acceptors (Lipinski definition) is 5. The van der Waals surface area contributed by atoms with Gasteiger partial charge in [-0.15, -0.1) is 0 Å². The Morgan fingerprint density at radius 1 is 1.23 bits per heavy atom. The average Bonchev–Trinajstić information content (AvgIpc) is 2.78. The Balaban J connectivity index is 2.75. The highest BCUT2D eigenvalue weighted by atomic mass is 16.5. The van der Waals surface area contributed by atoms with Crippen molar-refractivity contribution in [3.05, 3.63) is 22.5 Å². The number of amides is 1. The molecule has 0 aliphatic rings. The summed E-state index contributed by atoms with van der Waals surface area (Å²) in [5.41, 5.74) is 1.41. The van der Waals surface area contributed by atoms with Gasteiger partial charge < -0.3 is 19.8 Å². The van der Waals surface area contributed by atoms with Gasteiger partial charge >= 0.3 is 11.9 Å². The Morgan fingerprint density at radius 3 is 2.41 bits per heavy atom. The third-order valence-electron chi connectivity index (χ3n) is 3.39. The van der Waals surface area contributed by atoms with Crippen LogP contribution < -0.4 is 5.32 Å². The number of aromatic amines is 1. The molecule has 0 aliphatic heterocycles. The summed E-state index contributed by atoms with van der Waals surface area (Å²) in [4.78, 5) is 38.1. The fourth-order valence-electron chi connectivity index (χ4n) is 1.98. The van der Waals surface area contributed by atoms with Crippen LogP contribution in [0.3, 0.4) is 0 Å². The molecule has 7 nitrogen and oxygen atoms in total. The maximum atomic E-state index is 12.0. The lowest BCUT2D eigenvalue weighted by Crippen LogP contribution is -2.35. The van der Waals surface area contributed by atoms with E-state index in [2.05, 4.69) is 15.0 Å². The summed E-state index contributed by atoms with van der Waals surface area (Å²) in [7, 11) is 1.27. The summed E-state index contributed by atoms with van der Waals surface area (Å²) < 4.78 is 9.63. The second kappa shape index (κ2) is 7.63. The van der Waals surface area contributed by atoms with Gasteiger partial charge in [-0.3, -0.25) is 4.79 Å². The van der Waals surface area contributed by atoms with Crippen molar-refractivity contribution in [2.24, 2.45) is 0 Å². The van der Waals surface area contributed by atoms with E-state index in [9.17, 15) is 14.4 Å². The lowest BCUT2D eigenvalue weighted by molar-refractivity contribution is -0.124. The highest BCUT2D eigenvalue weighted by Gasteiger charge is 2.23. The molecule has 2 N–H and O–H groups in total. The van der Waals surface area contributed by atoms with E-state index in [0.29, 0.717) is 16.8 Å². The van der Waals surface area contributed by atoms with Crippen LogP contribution in [0.15, 0.2) is 0 Å². The van der Waals surface area contributed by atoms with Gasteiger partial charge in [0.1, 0.15) is 5.69 Å². The molecule has 0 aromatic carbocycles. The van der Waals surface area contributed by atoms with Gasteiger partial charge in [-0.1, -0.05) is 6.92 Å². The van der Waals surface area contributed by atoms with E-state index in [4.69, 9.17) is 4.74 Å². The van der Waals surface area contributed by atoms with Crippen LogP contribution in [-0.4, -0.2) is 42.6 Å². The first-order valence-corrected chi connectivity index (χ1v) is 7.05. The zero-order valence-electron chi connectivity index (χ0n) is 13.5. The van der Waals surface area contributed by atoms with E-state index >= 15 is 0 Å². The summed E-state index contributed by atoms with van der Waals surface area (Å²) in [6, 6.07) is 0.0200. The summed E-state index contributed by atoms with van der Waals surface area (Å²) in [6.45, 7) is 6.71. The van der Waals surface area contributed by atoms with Gasteiger partial charge in [-0.2, -0.15) is 0 Å². The first-order valence-electron chi connectivity index (χ1n) is 7.05. The lowest BCUT2D eigenvalue weighted by Gasteiger charge is -2.11. The molecule has 0 radical (unpaired) electrons. The molecular formula is C15H22N2O5. The minimum atomic E-state index is -0.685. The minimum Gasteiger partial charge on any atom is -0.465 e. The van der Waals surface area contributed by atoms with Crippen molar-refractivity contribution < 1.29 is 23.9 Å². The molecule has 122 valence electrons. The van der Waals surface area contributed by atoms with Crippen molar-refractivity contribution in [2.75, 3.05) is 13.7 Å². The molecule has 0 aliphatic carbocycles. The molecule has 1 rings (SSSR count). The number of esters is 2. The zero-order valence-corrected chi connectivity index (χ0v) is 13.5. The van der Waals surface area contributed by atoms with Gasteiger partial charge in [0, 0.05) is 11.7 Å². The number of rotatable bonds is 6. The highest BCUT2D eigenvalue weighted by molar-refractivity contribution is 5.99. The van der Waals surface area contributed by atoms with Crippen LogP contribution in [0.5, 0.6) is 0 Å². The van der Waals surface area contributed by atoms with E-state index in [1.54, 1.807) is 13.8 Å². The van der Waals surface area contributed by atoms with Crippen molar-refractivity contribution >= 4 is 17.8 Å². The Labute approximate surface area is 129 Å². The predicted octanol–water partition coefficient (Wildman–Crippen LogP) is 1.49. The van der Waals surface area contributed by atoms with E-state index < -0.39 is 11.9 Å². The van der Waals surface area contributed by atoms with Gasteiger partial charge in [0.25, 0.3) is 5.91 Å². The number of nitrogens with one attached hydrogen (secondary N) is 2. The second-order valence-corrected chi connectivity index (χ2v) is 5.07. The molecule has 22 heavy (non-hydrogen) atoms.